The van der Waals surface area contributed by atoms with E-state index in [2.05, 4.69) is 58.9 Å². The molecule has 1 fully saturated rings. The van der Waals surface area contributed by atoms with Crippen LogP contribution in [-0.2, 0) is 10.2 Å². The van der Waals surface area contributed by atoms with Crippen LogP contribution in [0, 0.1) is 0 Å². The normalized spacial score (nSPS) is 24.3. The Labute approximate surface area is 123 Å². The Morgan fingerprint density at radius 3 is 2.68 bits per heavy atom. The SMILES string of the molecule is CC1(Nc2cc(Br)nc(C(C)(C)C)n2)CCCOC1. The van der Waals surface area contributed by atoms with Crippen LogP contribution in [0.2, 0.25) is 0 Å². The van der Waals surface area contributed by atoms with Crippen LogP contribution in [0.4, 0.5) is 5.82 Å². The van der Waals surface area contributed by atoms with Crippen molar-refractivity contribution in [3.8, 4) is 0 Å². The van der Waals surface area contributed by atoms with E-state index in [1.54, 1.807) is 0 Å². The first-order valence-corrected chi connectivity index (χ1v) is 7.49. The number of halogens is 1. The summed E-state index contributed by atoms with van der Waals surface area (Å²) in [4.78, 5) is 9.09. The zero-order valence-corrected chi connectivity index (χ0v) is 13.7. The number of aromatic nitrogens is 2. The number of rotatable bonds is 2. The highest BCUT2D eigenvalue weighted by Gasteiger charge is 2.28. The van der Waals surface area contributed by atoms with Gasteiger partial charge in [-0.05, 0) is 35.7 Å². The molecule has 0 bridgehead atoms. The van der Waals surface area contributed by atoms with Crippen LogP contribution >= 0.6 is 15.9 Å². The van der Waals surface area contributed by atoms with Gasteiger partial charge in [0.25, 0.3) is 0 Å². The molecule has 1 aliphatic rings. The number of nitrogens with zero attached hydrogens (tertiary/aromatic N) is 2. The zero-order chi connectivity index (χ0) is 14.1. The first kappa shape index (κ1) is 14.7. The number of anilines is 1. The fourth-order valence-corrected chi connectivity index (χ4v) is 2.54. The van der Waals surface area contributed by atoms with E-state index in [1.165, 1.54) is 0 Å². The van der Waals surface area contributed by atoms with E-state index < -0.39 is 0 Å². The van der Waals surface area contributed by atoms with Gasteiger partial charge in [0.1, 0.15) is 16.2 Å². The van der Waals surface area contributed by atoms with Crippen LogP contribution in [0.3, 0.4) is 0 Å². The van der Waals surface area contributed by atoms with Crippen molar-refractivity contribution in [3.05, 3.63) is 16.5 Å². The van der Waals surface area contributed by atoms with Gasteiger partial charge in [0, 0.05) is 18.1 Å². The standard InChI is InChI=1S/C14H22BrN3O/c1-13(2,3)12-16-10(15)8-11(17-12)18-14(4)6-5-7-19-9-14/h8H,5-7,9H2,1-4H3,(H,16,17,18). The Morgan fingerprint density at radius 1 is 1.37 bits per heavy atom. The number of hydrogen-bond acceptors (Lipinski definition) is 4. The maximum atomic E-state index is 5.57. The predicted molar refractivity (Wildman–Crippen MR) is 80.5 cm³/mol. The lowest BCUT2D eigenvalue weighted by Gasteiger charge is -2.35. The summed E-state index contributed by atoms with van der Waals surface area (Å²) in [6.07, 6.45) is 2.18. The van der Waals surface area contributed by atoms with E-state index >= 15 is 0 Å². The number of ether oxygens (including phenoxy) is 1. The first-order chi connectivity index (χ1) is 8.78. The summed E-state index contributed by atoms with van der Waals surface area (Å²) in [5.41, 5.74) is -0.106. The van der Waals surface area contributed by atoms with Gasteiger partial charge in [0.2, 0.25) is 0 Å². The average molecular weight is 328 g/mol. The zero-order valence-electron chi connectivity index (χ0n) is 12.1. The summed E-state index contributed by atoms with van der Waals surface area (Å²) in [5.74, 6) is 1.70. The average Bonchev–Trinajstić information content (AvgIpc) is 2.27. The minimum atomic E-state index is -0.0653. The molecule has 1 N–H and O–H groups in total. The third kappa shape index (κ3) is 3.89. The topological polar surface area (TPSA) is 47.0 Å². The van der Waals surface area contributed by atoms with Gasteiger partial charge in [-0.3, -0.25) is 0 Å². The largest absolute Gasteiger partial charge is 0.379 e. The Kier molecular flexibility index (Phi) is 4.16. The molecular formula is C14H22BrN3O. The van der Waals surface area contributed by atoms with Crippen LogP contribution in [0.15, 0.2) is 10.7 Å². The highest BCUT2D eigenvalue weighted by molar-refractivity contribution is 9.10. The van der Waals surface area contributed by atoms with Gasteiger partial charge in [-0.1, -0.05) is 20.8 Å². The lowest BCUT2D eigenvalue weighted by atomic mass is 9.94. The Hall–Kier alpha value is -0.680. The van der Waals surface area contributed by atoms with Crippen molar-refractivity contribution in [1.82, 2.24) is 9.97 Å². The molecule has 1 unspecified atom stereocenters. The first-order valence-electron chi connectivity index (χ1n) is 6.70. The molecule has 4 nitrogen and oxygen atoms in total. The maximum Gasteiger partial charge on any atom is 0.137 e. The summed E-state index contributed by atoms with van der Waals surface area (Å²) in [7, 11) is 0. The van der Waals surface area contributed by atoms with Crippen LogP contribution in [-0.4, -0.2) is 28.7 Å². The molecule has 2 heterocycles. The molecule has 1 saturated heterocycles. The molecule has 0 saturated carbocycles. The van der Waals surface area contributed by atoms with Gasteiger partial charge in [-0.15, -0.1) is 0 Å². The molecule has 1 aromatic heterocycles. The van der Waals surface area contributed by atoms with Crippen molar-refractivity contribution >= 4 is 21.7 Å². The third-order valence-electron chi connectivity index (χ3n) is 3.23. The predicted octanol–water partition coefficient (Wildman–Crippen LogP) is 3.52. The lowest BCUT2D eigenvalue weighted by molar-refractivity contribution is 0.0538. The van der Waals surface area contributed by atoms with Crippen LogP contribution in [0.1, 0.15) is 46.4 Å². The highest BCUT2D eigenvalue weighted by Crippen LogP contribution is 2.27. The monoisotopic (exact) mass is 327 g/mol. The minimum absolute atomic E-state index is 0.0405. The van der Waals surface area contributed by atoms with Crippen LogP contribution in [0.25, 0.3) is 0 Å². The maximum absolute atomic E-state index is 5.57. The van der Waals surface area contributed by atoms with E-state index in [0.29, 0.717) is 0 Å². The van der Waals surface area contributed by atoms with Crippen molar-refractivity contribution in [1.29, 1.82) is 0 Å². The Morgan fingerprint density at radius 2 is 2.11 bits per heavy atom. The van der Waals surface area contributed by atoms with Gasteiger partial charge in [0.15, 0.2) is 0 Å². The summed E-state index contributed by atoms with van der Waals surface area (Å²) in [6.45, 7) is 10.1. The van der Waals surface area contributed by atoms with Gasteiger partial charge in [-0.25, -0.2) is 9.97 Å². The second-order valence-electron chi connectivity index (χ2n) is 6.49. The molecule has 0 aromatic carbocycles. The second kappa shape index (κ2) is 5.37. The summed E-state index contributed by atoms with van der Waals surface area (Å²) in [6, 6.07) is 1.93. The molecule has 19 heavy (non-hydrogen) atoms. The third-order valence-corrected chi connectivity index (χ3v) is 3.64. The van der Waals surface area contributed by atoms with E-state index in [4.69, 9.17) is 4.74 Å². The molecule has 0 amide bonds. The van der Waals surface area contributed by atoms with Gasteiger partial charge >= 0.3 is 0 Å². The molecular weight excluding hydrogens is 306 g/mol. The minimum Gasteiger partial charge on any atom is -0.379 e. The van der Waals surface area contributed by atoms with Crippen molar-refractivity contribution in [3.63, 3.8) is 0 Å². The van der Waals surface area contributed by atoms with Crippen molar-refractivity contribution in [2.24, 2.45) is 0 Å². The lowest BCUT2D eigenvalue weighted by Crippen LogP contribution is -2.43. The fraction of sp³-hybridized carbons (Fsp3) is 0.714. The van der Waals surface area contributed by atoms with Crippen molar-refractivity contribution in [2.75, 3.05) is 18.5 Å². The fourth-order valence-electron chi connectivity index (χ4n) is 2.16. The molecule has 2 rings (SSSR count). The van der Waals surface area contributed by atoms with E-state index in [9.17, 15) is 0 Å². The van der Waals surface area contributed by atoms with E-state index in [0.717, 1.165) is 42.3 Å². The van der Waals surface area contributed by atoms with Crippen LogP contribution in [0.5, 0.6) is 0 Å². The molecule has 1 aromatic rings. The number of hydrogen-bond donors (Lipinski definition) is 1. The smallest absolute Gasteiger partial charge is 0.137 e. The Bertz CT molecular complexity index is 450. The van der Waals surface area contributed by atoms with Gasteiger partial charge in [0.05, 0.1) is 12.1 Å². The van der Waals surface area contributed by atoms with Crippen molar-refractivity contribution in [2.45, 2.75) is 51.5 Å². The molecule has 1 atom stereocenters. The summed E-state index contributed by atoms with van der Waals surface area (Å²) < 4.78 is 6.38. The molecule has 5 heteroatoms. The van der Waals surface area contributed by atoms with Gasteiger partial charge in [-0.2, -0.15) is 0 Å². The highest BCUT2D eigenvalue weighted by atomic mass is 79.9. The Balaban J connectivity index is 2.22. The van der Waals surface area contributed by atoms with E-state index in [-0.39, 0.29) is 11.0 Å². The number of nitrogens with one attached hydrogen (secondary N) is 1. The molecule has 0 spiro atoms. The second-order valence-corrected chi connectivity index (χ2v) is 7.30. The molecule has 1 aliphatic heterocycles. The molecule has 0 radical (unpaired) electrons. The van der Waals surface area contributed by atoms with Crippen LogP contribution < -0.4 is 5.32 Å². The summed E-state index contributed by atoms with van der Waals surface area (Å²) >= 11 is 3.47. The molecule has 0 aliphatic carbocycles. The van der Waals surface area contributed by atoms with E-state index in [1.807, 2.05) is 6.07 Å². The van der Waals surface area contributed by atoms with Crippen molar-refractivity contribution < 1.29 is 4.74 Å². The molecule has 106 valence electrons. The quantitative estimate of drug-likeness (QED) is 0.844. The van der Waals surface area contributed by atoms with Gasteiger partial charge < -0.3 is 10.1 Å². The summed E-state index contributed by atoms with van der Waals surface area (Å²) in [5, 5.41) is 3.50.